The zero-order valence-corrected chi connectivity index (χ0v) is 18.1. The Balaban J connectivity index is 1.52. The van der Waals surface area contributed by atoms with Crippen molar-refractivity contribution < 1.29 is 13.2 Å². The maximum Gasteiger partial charge on any atom is 0.281 e. The highest BCUT2D eigenvalue weighted by Crippen LogP contribution is 2.29. The number of piperidine rings is 1. The first-order chi connectivity index (χ1) is 13.9. The van der Waals surface area contributed by atoms with Gasteiger partial charge in [0, 0.05) is 65.3 Å². The molecule has 0 radical (unpaired) electrons. The molecule has 0 aromatic carbocycles. The minimum atomic E-state index is -3.54. The Morgan fingerprint density at radius 1 is 1.17 bits per heavy atom. The molecule has 4 rings (SSSR count). The molecule has 4 heterocycles. The summed E-state index contributed by atoms with van der Waals surface area (Å²) < 4.78 is 32.8. The van der Waals surface area contributed by atoms with Crippen LogP contribution in [0.3, 0.4) is 0 Å². The Morgan fingerprint density at radius 3 is 2.66 bits per heavy atom. The van der Waals surface area contributed by atoms with Gasteiger partial charge in [-0.3, -0.25) is 9.69 Å². The number of H-pyrrole nitrogens is 1. The molecule has 29 heavy (non-hydrogen) atoms. The van der Waals surface area contributed by atoms with Gasteiger partial charge in [0.2, 0.25) is 0 Å². The van der Waals surface area contributed by atoms with Crippen LogP contribution in [0.2, 0.25) is 0 Å². The van der Waals surface area contributed by atoms with Crippen molar-refractivity contribution in [1.29, 1.82) is 0 Å². The van der Waals surface area contributed by atoms with Crippen molar-refractivity contribution in [2.24, 2.45) is 0 Å². The second-order valence-corrected chi connectivity index (χ2v) is 10.6. The molecule has 0 aliphatic carbocycles. The molecule has 0 saturated carbocycles. The smallest absolute Gasteiger partial charge is 0.281 e. The summed E-state index contributed by atoms with van der Waals surface area (Å²) in [5.74, 6) is 0.975. The Hall–Kier alpha value is -1.33. The molecule has 0 amide bonds. The van der Waals surface area contributed by atoms with Crippen LogP contribution in [0.25, 0.3) is 0 Å². The van der Waals surface area contributed by atoms with Gasteiger partial charge in [-0.25, -0.2) is 4.98 Å². The fourth-order valence-corrected chi connectivity index (χ4v) is 5.73. The summed E-state index contributed by atoms with van der Waals surface area (Å²) >= 11 is 0. The lowest BCUT2D eigenvalue weighted by Gasteiger charge is -2.39. The topological polar surface area (TPSA) is 98.8 Å². The molecule has 1 N–H and O–H groups in total. The monoisotopic (exact) mass is 425 g/mol. The van der Waals surface area contributed by atoms with Crippen molar-refractivity contribution >= 4 is 10.2 Å². The van der Waals surface area contributed by atoms with Gasteiger partial charge in [-0.15, -0.1) is 0 Å². The zero-order valence-electron chi connectivity index (χ0n) is 17.3. The number of nitrogens with one attached hydrogen (secondary N) is 1. The minimum Gasteiger partial charge on any atom is -0.381 e. The van der Waals surface area contributed by atoms with E-state index in [0.29, 0.717) is 24.6 Å². The highest BCUT2D eigenvalue weighted by molar-refractivity contribution is 7.86. The number of ether oxygens (including phenoxy) is 1. The lowest BCUT2D eigenvalue weighted by atomic mass is 9.93. The van der Waals surface area contributed by atoms with E-state index in [1.807, 2.05) is 0 Å². The molecule has 3 aliphatic rings. The molecule has 0 unspecified atom stereocenters. The van der Waals surface area contributed by atoms with Gasteiger partial charge >= 0.3 is 0 Å². The van der Waals surface area contributed by atoms with E-state index >= 15 is 0 Å². The third kappa shape index (κ3) is 4.27. The van der Waals surface area contributed by atoms with Gasteiger partial charge in [0.15, 0.2) is 0 Å². The van der Waals surface area contributed by atoms with E-state index in [0.717, 1.165) is 63.5 Å². The summed E-state index contributed by atoms with van der Waals surface area (Å²) in [6, 6.07) is 0.556. The number of rotatable bonds is 4. The SMILES string of the molecule is CN(C)S(=O)(=O)N1CCc2nc([C@H]3CCCN(C4CCOCC4)C3)[nH]c(=O)c2C1. The third-order valence-corrected chi connectivity index (χ3v) is 8.27. The average molecular weight is 426 g/mol. The van der Waals surface area contributed by atoms with Crippen LogP contribution in [-0.4, -0.2) is 84.9 Å². The van der Waals surface area contributed by atoms with Gasteiger partial charge in [0.1, 0.15) is 5.82 Å². The Kier molecular flexibility index (Phi) is 6.08. The maximum atomic E-state index is 12.8. The number of likely N-dealkylation sites (tertiary alicyclic amines) is 1. The lowest BCUT2D eigenvalue weighted by molar-refractivity contribution is 0.0235. The number of hydrogen-bond donors (Lipinski definition) is 1. The molecular weight excluding hydrogens is 394 g/mol. The summed E-state index contributed by atoms with van der Waals surface area (Å²) in [6.07, 6.45) is 4.71. The Morgan fingerprint density at radius 2 is 1.93 bits per heavy atom. The summed E-state index contributed by atoms with van der Waals surface area (Å²) in [4.78, 5) is 23.1. The number of nitrogens with zero attached hydrogens (tertiary/aromatic N) is 4. The van der Waals surface area contributed by atoms with E-state index in [-0.39, 0.29) is 18.0 Å². The molecule has 10 heteroatoms. The Bertz CT molecular complexity index is 894. The highest BCUT2D eigenvalue weighted by atomic mass is 32.2. The van der Waals surface area contributed by atoms with Crippen LogP contribution in [0, 0.1) is 0 Å². The van der Waals surface area contributed by atoms with Crippen LogP contribution in [-0.2, 0) is 27.9 Å². The van der Waals surface area contributed by atoms with Gasteiger partial charge in [-0.05, 0) is 32.2 Å². The molecule has 0 spiro atoms. The second kappa shape index (κ2) is 8.43. The van der Waals surface area contributed by atoms with Gasteiger partial charge in [-0.2, -0.15) is 17.0 Å². The van der Waals surface area contributed by atoms with Crippen LogP contribution in [0.1, 0.15) is 48.7 Å². The summed E-state index contributed by atoms with van der Waals surface area (Å²) in [5.41, 5.74) is 1.02. The number of aromatic amines is 1. The van der Waals surface area contributed by atoms with Crippen molar-refractivity contribution in [2.45, 2.75) is 50.6 Å². The molecule has 2 fully saturated rings. The first kappa shape index (κ1) is 20.9. The number of hydrogen-bond acceptors (Lipinski definition) is 6. The first-order valence-electron chi connectivity index (χ1n) is 10.5. The molecule has 3 aliphatic heterocycles. The quantitative estimate of drug-likeness (QED) is 0.745. The number of aromatic nitrogens is 2. The fourth-order valence-electron chi connectivity index (χ4n) is 4.65. The van der Waals surface area contributed by atoms with E-state index in [2.05, 4.69) is 9.88 Å². The first-order valence-corrected chi connectivity index (χ1v) is 11.9. The van der Waals surface area contributed by atoms with Crippen molar-refractivity contribution in [1.82, 2.24) is 23.5 Å². The van der Waals surface area contributed by atoms with E-state index < -0.39 is 10.2 Å². The average Bonchev–Trinajstić information content (AvgIpc) is 2.74. The predicted molar refractivity (Wildman–Crippen MR) is 109 cm³/mol. The van der Waals surface area contributed by atoms with Crippen molar-refractivity contribution in [3.05, 3.63) is 27.4 Å². The Labute approximate surface area is 172 Å². The van der Waals surface area contributed by atoms with Gasteiger partial charge < -0.3 is 9.72 Å². The van der Waals surface area contributed by atoms with E-state index in [9.17, 15) is 13.2 Å². The fraction of sp³-hybridized carbons (Fsp3) is 0.789. The normalized spacial score (nSPS) is 25.3. The van der Waals surface area contributed by atoms with E-state index in [1.165, 1.54) is 22.7 Å². The van der Waals surface area contributed by atoms with Crippen LogP contribution in [0.4, 0.5) is 0 Å². The summed E-state index contributed by atoms with van der Waals surface area (Å²) in [5, 5.41) is 0. The van der Waals surface area contributed by atoms with Gasteiger partial charge in [-0.1, -0.05) is 0 Å². The van der Waals surface area contributed by atoms with Crippen LogP contribution >= 0.6 is 0 Å². The highest BCUT2D eigenvalue weighted by Gasteiger charge is 2.33. The molecule has 0 bridgehead atoms. The molecule has 2 saturated heterocycles. The van der Waals surface area contributed by atoms with Crippen molar-refractivity contribution in [3.8, 4) is 0 Å². The standard InChI is InChI=1S/C19H31N5O4S/c1-22(2)29(26,27)24-9-5-17-16(13-24)19(25)21-18(20-17)14-4-3-8-23(12-14)15-6-10-28-11-7-15/h14-15H,3-13H2,1-2H3,(H,20,21,25)/t14-/m0/s1. The number of fused-ring (bicyclic) bond motifs is 1. The largest absolute Gasteiger partial charge is 0.381 e. The molecule has 1 aromatic heterocycles. The van der Waals surface area contributed by atoms with Crippen LogP contribution < -0.4 is 5.56 Å². The molecule has 1 atom stereocenters. The lowest BCUT2D eigenvalue weighted by Crippen LogP contribution is -2.46. The predicted octanol–water partition coefficient (Wildman–Crippen LogP) is 0.293. The minimum absolute atomic E-state index is 0.0807. The summed E-state index contributed by atoms with van der Waals surface area (Å²) in [7, 11) is -0.533. The third-order valence-electron chi connectivity index (χ3n) is 6.39. The summed E-state index contributed by atoms with van der Waals surface area (Å²) in [6.45, 7) is 4.08. The van der Waals surface area contributed by atoms with Crippen LogP contribution in [0.15, 0.2) is 4.79 Å². The molecule has 1 aromatic rings. The van der Waals surface area contributed by atoms with Crippen molar-refractivity contribution in [2.75, 3.05) is 46.9 Å². The van der Waals surface area contributed by atoms with Crippen molar-refractivity contribution in [3.63, 3.8) is 0 Å². The molecule has 9 nitrogen and oxygen atoms in total. The van der Waals surface area contributed by atoms with Crippen LogP contribution in [0.5, 0.6) is 0 Å². The maximum absolute atomic E-state index is 12.8. The van der Waals surface area contributed by atoms with E-state index in [4.69, 9.17) is 9.72 Å². The second-order valence-electron chi connectivity index (χ2n) is 8.43. The van der Waals surface area contributed by atoms with Gasteiger partial charge in [0.05, 0.1) is 11.3 Å². The molecule has 162 valence electrons. The van der Waals surface area contributed by atoms with Gasteiger partial charge in [0.25, 0.3) is 15.8 Å². The zero-order chi connectivity index (χ0) is 20.6. The molecular formula is C19H31N5O4S. The van der Waals surface area contributed by atoms with E-state index in [1.54, 1.807) is 0 Å².